The Balaban J connectivity index is 0.997. The highest BCUT2D eigenvalue weighted by Gasteiger charge is 2.41. The standard InChI is InChI=1S/C55H53N3O4S2Si/c1-8-60-65(61-9-2,62-10-3)35-57-53(59)37(34-56)31-41-25-28-51(63-41)52-30-29-50(64-52)36-19-21-38(22-20-36)58(39-23-26-44-42-15-11-13-17-46(42)54(4,5)48(44)32-39)40-24-27-45-43-16-12-14-18-47(43)55(6,7)49(45)33-40/h11-33H,8-10,35H2,1-7H3,(H,57,59). The van der Waals surface area contributed by atoms with Crippen molar-refractivity contribution in [2.24, 2.45) is 0 Å². The molecule has 2 aliphatic carbocycles. The molecule has 1 N–H and O–H groups in total. The molecular formula is C55H53N3O4S2Si. The van der Waals surface area contributed by atoms with Crippen LogP contribution in [0.5, 0.6) is 0 Å². The van der Waals surface area contributed by atoms with Crippen molar-refractivity contribution in [3.63, 3.8) is 0 Å². The second-order valence-electron chi connectivity index (χ2n) is 17.4. The molecule has 0 spiro atoms. The molecule has 7 nitrogen and oxygen atoms in total. The molecule has 0 radical (unpaired) electrons. The van der Waals surface area contributed by atoms with Crippen LogP contribution in [0, 0.1) is 11.3 Å². The molecule has 65 heavy (non-hydrogen) atoms. The van der Waals surface area contributed by atoms with Gasteiger partial charge in [-0.15, -0.1) is 22.7 Å². The monoisotopic (exact) mass is 911 g/mol. The Kier molecular flexibility index (Phi) is 12.1. The maximum Gasteiger partial charge on any atom is 0.521 e. The molecule has 1 amide bonds. The summed E-state index contributed by atoms with van der Waals surface area (Å²) in [6.45, 7) is 16.1. The Morgan fingerprint density at radius 2 is 1.09 bits per heavy atom. The molecule has 0 bridgehead atoms. The first kappa shape index (κ1) is 44.3. The quantitative estimate of drug-likeness (QED) is 0.0627. The van der Waals surface area contributed by atoms with Crippen LogP contribution < -0.4 is 10.2 Å². The SMILES string of the molecule is CCO[Si](CNC(=O)C(C#N)=Cc1ccc(-c2ccc(-c3ccc(N(c4ccc5c(c4)C(C)(C)c4ccccc4-5)c4ccc5c(c4)C(C)(C)c4ccccc4-5)cc3)s2)s1)(OCC)OCC. The molecular weight excluding hydrogens is 859 g/mol. The Bertz CT molecular complexity index is 2870. The number of anilines is 3. The number of benzene rings is 5. The van der Waals surface area contributed by atoms with Crippen molar-refractivity contribution in [3.05, 3.63) is 166 Å². The zero-order valence-corrected chi connectivity index (χ0v) is 40.6. The Hall–Kier alpha value is -5.90. The molecule has 0 atom stereocenters. The number of hydrogen-bond donors (Lipinski definition) is 1. The van der Waals surface area contributed by atoms with Crippen molar-refractivity contribution in [2.45, 2.75) is 59.3 Å². The number of carbonyl (C=O) groups is 1. The summed E-state index contributed by atoms with van der Waals surface area (Å²) in [6.07, 6.45) is 1.71. The van der Waals surface area contributed by atoms with E-state index >= 15 is 0 Å². The van der Waals surface area contributed by atoms with E-state index in [0.29, 0.717) is 19.8 Å². The second-order valence-corrected chi connectivity index (χ2v) is 22.2. The number of nitrogens with zero attached hydrogens (tertiary/aromatic N) is 2. The molecule has 2 aromatic heterocycles. The average Bonchev–Trinajstić information content (AvgIpc) is 4.09. The maximum absolute atomic E-state index is 13.2. The maximum atomic E-state index is 13.2. The largest absolute Gasteiger partial charge is 0.521 e. The van der Waals surface area contributed by atoms with Gasteiger partial charge in [0.2, 0.25) is 0 Å². The minimum absolute atomic E-state index is 0.00851. The van der Waals surface area contributed by atoms with Gasteiger partial charge in [0.25, 0.3) is 5.91 Å². The van der Waals surface area contributed by atoms with Crippen molar-refractivity contribution >= 4 is 60.5 Å². The van der Waals surface area contributed by atoms with Crippen molar-refractivity contribution in [3.8, 4) is 48.5 Å². The molecule has 2 heterocycles. The third-order valence-electron chi connectivity index (χ3n) is 12.7. The molecule has 0 saturated heterocycles. The first-order valence-corrected chi connectivity index (χ1v) is 25.9. The predicted molar refractivity (Wildman–Crippen MR) is 270 cm³/mol. The van der Waals surface area contributed by atoms with Gasteiger partial charge in [-0.05, 0) is 138 Å². The van der Waals surface area contributed by atoms with Gasteiger partial charge in [0, 0.05) is 67.2 Å². The molecule has 0 unspecified atom stereocenters. The van der Waals surface area contributed by atoms with Gasteiger partial charge in [-0.25, -0.2) is 0 Å². The van der Waals surface area contributed by atoms with E-state index < -0.39 is 14.7 Å². The summed E-state index contributed by atoms with van der Waals surface area (Å²) in [7, 11) is -3.12. The third-order valence-corrected chi connectivity index (χ3v) is 17.9. The molecule has 7 aromatic rings. The first-order chi connectivity index (χ1) is 31.4. The number of nitriles is 1. The lowest BCUT2D eigenvalue weighted by molar-refractivity contribution is -0.117. The molecule has 0 aliphatic heterocycles. The lowest BCUT2D eigenvalue weighted by Gasteiger charge is -2.30. The Morgan fingerprint density at radius 3 is 1.63 bits per heavy atom. The molecule has 2 aliphatic rings. The van der Waals surface area contributed by atoms with Crippen LogP contribution in [0.4, 0.5) is 17.1 Å². The highest BCUT2D eigenvalue weighted by Crippen LogP contribution is 2.53. The van der Waals surface area contributed by atoms with Crippen LogP contribution in [0.2, 0.25) is 0 Å². The van der Waals surface area contributed by atoms with Gasteiger partial charge in [0.05, 0.1) is 6.17 Å². The van der Waals surface area contributed by atoms with Gasteiger partial charge in [0.1, 0.15) is 11.6 Å². The van der Waals surface area contributed by atoms with Crippen molar-refractivity contribution < 1.29 is 18.1 Å². The van der Waals surface area contributed by atoms with E-state index in [2.05, 4.69) is 165 Å². The number of nitrogens with one attached hydrogen (secondary N) is 1. The highest BCUT2D eigenvalue weighted by molar-refractivity contribution is 7.24. The summed E-state index contributed by atoms with van der Waals surface area (Å²) in [5.74, 6) is -0.491. The van der Waals surface area contributed by atoms with Crippen molar-refractivity contribution in [2.75, 3.05) is 30.9 Å². The van der Waals surface area contributed by atoms with Gasteiger partial charge in [-0.1, -0.05) is 100 Å². The molecule has 9 rings (SSSR count). The third kappa shape index (κ3) is 8.11. The number of carbonyl (C=O) groups excluding carboxylic acids is 1. The van der Waals surface area contributed by atoms with Crippen LogP contribution in [-0.2, 0) is 28.9 Å². The second kappa shape index (κ2) is 17.8. The number of fused-ring (bicyclic) bond motifs is 6. The fraction of sp³-hybridized carbons (Fsp3) is 0.236. The first-order valence-electron chi connectivity index (χ1n) is 22.3. The van der Waals surface area contributed by atoms with Crippen molar-refractivity contribution in [1.82, 2.24) is 5.32 Å². The van der Waals surface area contributed by atoms with E-state index in [1.54, 1.807) is 28.7 Å². The Labute approximate surface area is 392 Å². The summed E-state index contributed by atoms with van der Waals surface area (Å²) >= 11 is 3.27. The zero-order valence-electron chi connectivity index (χ0n) is 38.0. The molecule has 5 aromatic carbocycles. The van der Waals surface area contributed by atoms with Gasteiger partial charge in [-0.2, -0.15) is 5.26 Å². The minimum atomic E-state index is -3.12. The van der Waals surface area contributed by atoms with Gasteiger partial charge >= 0.3 is 8.80 Å². The summed E-state index contributed by atoms with van der Waals surface area (Å²) in [4.78, 5) is 19.7. The number of thiophene rings is 2. The number of hydrogen-bond acceptors (Lipinski definition) is 8. The van der Waals surface area contributed by atoms with Gasteiger partial charge < -0.3 is 23.5 Å². The molecule has 0 saturated carbocycles. The smallest absolute Gasteiger partial charge is 0.373 e. The summed E-state index contributed by atoms with van der Waals surface area (Å²) in [6, 6.07) is 50.9. The predicted octanol–water partition coefficient (Wildman–Crippen LogP) is 13.8. The van der Waals surface area contributed by atoms with E-state index in [1.807, 2.05) is 32.9 Å². The zero-order chi connectivity index (χ0) is 45.5. The summed E-state index contributed by atoms with van der Waals surface area (Å²) in [5, 5.41) is 12.8. The lowest BCUT2D eigenvalue weighted by atomic mass is 9.82. The van der Waals surface area contributed by atoms with E-state index in [9.17, 15) is 10.1 Å². The molecule has 0 fully saturated rings. The van der Waals surface area contributed by atoms with Gasteiger partial charge in [0.15, 0.2) is 0 Å². The van der Waals surface area contributed by atoms with E-state index in [1.165, 1.54) is 44.5 Å². The van der Waals surface area contributed by atoms with Crippen LogP contribution >= 0.6 is 22.7 Å². The van der Waals surface area contributed by atoms with Gasteiger partial charge in [-0.3, -0.25) is 4.79 Å². The summed E-state index contributed by atoms with van der Waals surface area (Å²) in [5.41, 5.74) is 14.8. The number of rotatable bonds is 15. The molecule has 328 valence electrons. The van der Waals surface area contributed by atoms with Crippen LogP contribution in [0.15, 0.2) is 139 Å². The van der Waals surface area contributed by atoms with E-state index in [4.69, 9.17) is 13.3 Å². The fourth-order valence-electron chi connectivity index (χ4n) is 9.59. The number of amides is 1. The van der Waals surface area contributed by atoms with Crippen molar-refractivity contribution in [1.29, 1.82) is 5.26 Å². The lowest BCUT2D eigenvalue weighted by Crippen LogP contribution is -2.55. The Morgan fingerprint density at radius 1 is 0.615 bits per heavy atom. The normalized spacial score (nSPS) is 14.3. The summed E-state index contributed by atoms with van der Waals surface area (Å²) < 4.78 is 17.6. The highest BCUT2D eigenvalue weighted by atomic mass is 32.1. The fourth-order valence-corrected chi connectivity index (χ4v) is 13.9. The average molecular weight is 912 g/mol. The minimum Gasteiger partial charge on any atom is -0.373 e. The van der Waals surface area contributed by atoms with Crippen LogP contribution in [0.1, 0.15) is 75.6 Å². The van der Waals surface area contributed by atoms with Crippen LogP contribution in [-0.4, -0.2) is 40.7 Å². The van der Waals surface area contributed by atoms with Crippen LogP contribution in [0.3, 0.4) is 0 Å². The van der Waals surface area contributed by atoms with E-state index in [-0.39, 0.29) is 22.6 Å². The molecule has 10 heteroatoms. The van der Waals surface area contributed by atoms with Crippen LogP contribution in [0.25, 0.3) is 48.5 Å². The topological polar surface area (TPSA) is 83.8 Å². The van der Waals surface area contributed by atoms with E-state index in [0.717, 1.165) is 42.1 Å².